The van der Waals surface area contributed by atoms with Crippen LogP contribution in [0.1, 0.15) is 26.7 Å². The molecule has 3 unspecified atom stereocenters. The summed E-state index contributed by atoms with van der Waals surface area (Å²) >= 11 is 2.10. The van der Waals surface area contributed by atoms with Gasteiger partial charge in [0.15, 0.2) is 0 Å². The van der Waals surface area contributed by atoms with Gasteiger partial charge in [0.2, 0.25) is 0 Å². The Morgan fingerprint density at radius 1 is 1.54 bits per heavy atom. The van der Waals surface area contributed by atoms with E-state index in [1.807, 2.05) is 0 Å². The van der Waals surface area contributed by atoms with Gasteiger partial charge in [0.25, 0.3) is 0 Å². The van der Waals surface area contributed by atoms with E-state index in [9.17, 15) is 0 Å². The second-order valence-corrected chi connectivity index (χ2v) is 5.18. The molecule has 3 heteroatoms. The van der Waals surface area contributed by atoms with E-state index in [0.717, 1.165) is 11.8 Å². The van der Waals surface area contributed by atoms with Crippen LogP contribution in [0.25, 0.3) is 0 Å². The zero-order valence-corrected chi connectivity index (χ0v) is 9.69. The summed E-state index contributed by atoms with van der Waals surface area (Å²) < 4.78 is 5.26. The van der Waals surface area contributed by atoms with Crippen LogP contribution in [0.4, 0.5) is 0 Å². The van der Waals surface area contributed by atoms with Crippen molar-refractivity contribution in [1.29, 1.82) is 0 Å². The molecule has 0 aromatic heterocycles. The third kappa shape index (κ3) is 3.88. The van der Waals surface area contributed by atoms with Gasteiger partial charge in [0, 0.05) is 24.9 Å². The topological polar surface area (TPSA) is 21.3 Å². The lowest BCUT2D eigenvalue weighted by atomic mass is 10.2. The summed E-state index contributed by atoms with van der Waals surface area (Å²) in [4.78, 5) is 0. The minimum absolute atomic E-state index is 0.311. The van der Waals surface area contributed by atoms with Crippen LogP contribution in [-0.2, 0) is 4.74 Å². The van der Waals surface area contributed by atoms with Crippen molar-refractivity contribution in [1.82, 2.24) is 5.32 Å². The Balaban J connectivity index is 2.10. The SMILES string of the molecule is COC(C)C(C)NCC1CCCS1. The van der Waals surface area contributed by atoms with Crippen LogP contribution in [0.5, 0.6) is 0 Å². The van der Waals surface area contributed by atoms with Gasteiger partial charge in [-0.3, -0.25) is 0 Å². The fourth-order valence-electron chi connectivity index (χ4n) is 1.49. The van der Waals surface area contributed by atoms with Crippen LogP contribution >= 0.6 is 11.8 Å². The summed E-state index contributed by atoms with van der Waals surface area (Å²) in [6.07, 6.45) is 3.09. The largest absolute Gasteiger partial charge is 0.380 e. The Kier molecular flexibility index (Phi) is 5.14. The molecule has 0 bridgehead atoms. The molecule has 0 aliphatic carbocycles. The van der Waals surface area contributed by atoms with Crippen molar-refractivity contribution in [2.75, 3.05) is 19.4 Å². The van der Waals surface area contributed by atoms with E-state index in [4.69, 9.17) is 4.74 Å². The van der Waals surface area contributed by atoms with E-state index in [1.165, 1.54) is 18.6 Å². The van der Waals surface area contributed by atoms with Crippen molar-refractivity contribution >= 4 is 11.8 Å². The third-order valence-corrected chi connectivity index (χ3v) is 4.17. The molecule has 13 heavy (non-hydrogen) atoms. The maximum atomic E-state index is 5.26. The predicted octanol–water partition coefficient (Wildman–Crippen LogP) is 1.90. The van der Waals surface area contributed by atoms with Gasteiger partial charge >= 0.3 is 0 Å². The Labute approximate surface area is 85.8 Å². The first kappa shape index (κ1) is 11.3. The molecule has 1 aliphatic rings. The number of rotatable bonds is 5. The van der Waals surface area contributed by atoms with Gasteiger partial charge in [-0.15, -0.1) is 0 Å². The second-order valence-electron chi connectivity index (χ2n) is 3.77. The standard InChI is InChI=1S/C10H21NOS/c1-8(9(2)12-3)11-7-10-5-4-6-13-10/h8-11H,4-7H2,1-3H3. The molecule has 3 atom stereocenters. The smallest absolute Gasteiger partial charge is 0.0693 e. The molecule has 78 valence electrons. The van der Waals surface area contributed by atoms with Crippen LogP contribution in [0.15, 0.2) is 0 Å². The Hall–Kier alpha value is 0.270. The molecular formula is C10H21NOS. The van der Waals surface area contributed by atoms with Gasteiger partial charge in [-0.2, -0.15) is 11.8 Å². The maximum Gasteiger partial charge on any atom is 0.0693 e. The summed E-state index contributed by atoms with van der Waals surface area (Å²) in [7, 11) is 1.77. The van der Waals surface area contributed by atoms with Crippen LogP contribution in [0, 0.1) is 0 Å². The Morgan fingerprint density at radius 2 is 2.31 bits per heavy atom. The summed E-state index contributed by atoms with van der Waals surface area (Å²) in [6, 6.07) is 0.464. The number of ether oxygens (including phenoxy) is 1. The molecule has 1 rings (SSSR count). The molecule has 1 N–H and O–H groups in total. The molecule has 2 nitrogen and oxygen atoms in total. The Bertz CT molecular complexity index is 137. The third-order valence-electron chi connectivity index (χ3n) is 2.77. The number of hydrogen-bond donors (Lipinski definition) is 1. The first-order valence-electron chi connectivity index (χ1n) is 5.12. The van der Waals surface area contributed by atoms with Gasteiger partial charge in [-0.05, 0) is 32.4 Å². The number of hydrogen-bond acceptors (Lipinski definition) is 3. The molecule has 1 saturated heterocycles. The summed E-state index contributed by atoms with van der Waals surface area (Å²) in [5, 5.41) is 4.37. The molecule has 0 saturated carbocycles. The maximum absolute atomic E-state index is 5.26. The number of methoxy groups -OCH3 is 1. The van der Waals surface area contributed by atoms with Crippen molar-refractivity contribution in [3.05, 3.63) is 0 Å². The molecule has 0 aromatic carbocycles. The first-order chi connectivity index (χ1) is 6.24. The molecular weight excluding hydrogens is 182 g/mol. The molecule has 1 heterocycles. The van der Waals surface area contributed by atoms with Crippen LogP contribution in [-0.4, -0.2) is 36.8 Å². The van der Waals surface area contributed by atoms with E-state index in [0.29, 0.717) is 12.1 Å². The quantitative estimate of drug-likeness (QED) is 0.737. The Morgan fingerprint density at radius 3 is 2.85 bits per heavy atom. The van der Waals surface area contributed by atoms with Gasteiger partial charge in [0.05, 0.1) is 6.10 Å². The fourth-order valence-corrected chi connectivity index (χ4v) is 2.71. The lowest BCUT2D eigenvalue weighted by molar-refractivity contribution is 0.0889. The normalized spacial score (nSPS) is 27.5. The average Bonchev–Trinajstić information content (AvgIpc) is 2.65. The fraction of sp³-hybridized carbons (Fsp3) is 1.00. The van der Waals surface area contributed by atoms with Crippen molar-refractivity contribution in [2.24, 2.45) is 0 Å². The first-order valence-corrected chi connectivity index (χ1v) is 6.16. The van der Waals surface area contributed by atoms with Gasteiger partial charge < -0.3 is 10.1 Å². The van der Waals surface area contributed by atoms with Crippen molar-refractivity contribution in [2.45, 2.75) is 44.1 Å². The highest BCUT2D eigenvalue weighted by molar-refractivity contribution is 8.00. The lowest BCUT2D eigenvalue weighted by Crippen LogP contribution is -2.39. The van der Waals surface area contributed by atoms with Crippen molar-refractivity contribution < 1.29 is 4.74 Å². The highest BCUT2D eigenvalue weighted by Gasteiger charge is 2.17. The zero-order valence-electron chi connectivity index (χ0n) is 8.88. The predicted molar refractivity (Wildman–Crippen MR) is 59.4 cm³/mol. The van der Waals surface area contributed by atoms with E-state index in [2.05, 4.69) is 30.9 Å². The van der Waals surface area contributed by atoms with E-state index in [-0.39, 0.29) is 0 Å². The van der Waals surface area contributed by atoms with E-state index >= 15 is 0 Å². The molecule has 0 amide bonds. The van der Waals surface area contributed by atoms with Crippen LogP contribution < -0.4 is 5.32 Å². The summed E-state index contributed by atoms with van der Waals surface area (Å²) in [5.41, 5.74) is 0. The summed E-state index contributed by atoms with van der Waals surface area (Å²) in [6.45, 7) is 5.44. The molecule has 1 aliphatic heterocycles. The lowest BCUT2D eigenvalue weighted by Gasteiger charge is -2.21. The summed E-state index contributed by atoms with van der Waals surface area (Å²) in [5.74, 6) is 1.35. The molecule has 1 fully saturated rings. The minimum atomic E-state index is 0.311. The van der Waals surface area contributed by atoms with Gasteiger partial charge in [0.1, 0.15) is 0 Å². The highest BCUT2D eigenvalue weighted by Crippen LogP contribution is 2.25. The minimum Gasteiger partial charge on any atom is -0.380 e. The van der Waals surface area contributed by atoms with Gasteiger partial charge in [-0.25, -0.2) is 0 Å². The molecule has 0 spiro atoms. The monoisotopic (exact) mass is 203 g/mol. The van der Waals surface area contributed by atoms with E-state index in [1.54, 1.807) is 7.11 Å². The number of nitrogens with one attached hydrogen (secondary N) is 1. The highest BCUT2D eigenvalue weighted by atomic mass is 32.2. The second kappa shape index (κ2) is 5.89. The number of thioether (sulfide) groups is 1. The van der Waals surface area contributed by atoms with Crippen molar-refractivity contribution in [3.8, 4) is 0 Å². The molecule has 0 radical (unpaired) electrons. The van der Waals surface area contributed by atoms with E-state index < -0.39 is 0 Å². The van der Waals surface area contributed by atoms with Crippen LogP contribution in [0.2, 0.25) is 0 Å². The average molecular weight is 203 g/mol. The van der Waals surface area contributed by atoms with Crippen LogP contribution in [0.3, 0.4) is 0 Å². The van der Waals surface area contributed by atoms with Gasteiger partial charge in [-0.1, -0.05) is 0 Å². The van der Waals surface area contributed by atoms with Crippen molar-refractivity contribution in [3.63, 3.8) is 0 Å². The zero-order chi connectivity index (χ0) is 9.68. The molecule has 0 aromatic rings.